The first-order valence-electron chi connectivity index (χ1n) is 5.32. The maximum atomic E-state index is 11.1. The molecule has 0 aromatic heterocycles. The van der Waals surface area contributed by atoms with Crippen molar-refractivity contribution in [2.24, 2.45) is 0 Å². The Kier molecular flexibility index (Phi) is 3.45. The fourth-order valence-corrected chi connectivity index (χ4v) is 2.70. The summed E-state index contributed by atoms with van der Waals surface area (Å²) in [6.07, 6.45) is 4.59. The lowest BCUT2D eigenvalue weighted by Gasteiger charge is -2.25. The Balaban J connectivity index is 2.25. The summed E-state index contributed by atoms with van der Waals surface area (Å²) in [5.74, 6) is -0.924. The molecule has 0 spiro atoms. The molecule has 2 rings (SSSR count). The SMILES string of the molecule is O=C(O)c1ccccc1SC1(O)C=CC(O)=CC1. The largest absolute Gasteiger partial charge is 0.508 e. The first-order chi connectivity index (χ1) is 8.50. The first-order valence-corrected chi connectivity index (χ1v) is 6.14. The second-order valence-electron chi connectivity index (χ2n) is 3.91. The second kappa shape index (κ2) is 4.88. The molecule has 1 aliphatic rings. The number of allylic oxidation sites excluding steroid dienone is 1. The molecule has 0 fully saturated rings. The van der Waals surface area contributed by atoms with E-state index in [2.05, 4.69) is 0 Å². The fraction of sp³-hybridized carbons (Fsp3) is 0.154. The lowest BCUT2D eigenvalue weighted by Crippen LogP contribution is -2.22. The van der Waals surface area contributed by atoms with Crippen molar-refractivity contribution in [3.63, 3.8) is 0 Å². The number of carbonyl (C=O) groups is 1. The summed E-state index contributed by atoms with van der Waals surface area (Å²) in [6, 6.07) is 6.50. The maximum absolute atomic E-state index is 11.1. The number of carboxylic acids is 1. The zero-order valence-corrected chi connectivity index (χ0v) is 10.2. The van der Waals surface area contributed by atoms with Gasteiger partial charge in [0.1, 0.15) is 10.7 Å². The van der Waals surface area contributed by atoms with Crippen LogP contribution in [0.2, 0.25) is 0 Å². The zero-order valence-electron chi connectivity index (χ0n) is 9.41. The van der Waals surface area contributed by atoms with E-state index in [1.54, 1.807) is 18.2 Å². The average molecular weight is 264 g/mol. The van der Waals surface area contributed by atoms with Crippen molar-refractivity contribution in [2.45, 2.75) is 16.2 Å². The van der Waals surface area contributed by atoms with Gasteiger partial charge in [-0.3, -0.25) is 0 Å². The molecule has 5 heteroatoms. The lowest BCUT2D eigenvalue weighted by atomic mass is 10.1. The number of hydrogen-bond donors (Lipinski definition) is 3. The molecule has 3 N–H and O–H groups in total. The Labute approximate surface area is 108 Å². The molecule has 0 radical (unpaired) electrons. The number of hydrogen-bond acceptors (Lipinski definition) is 4. The van der Waals surface area contributed by atoms with Gasteiger partial charge in [-0.25, -0.2) is 4.79 Å². The number of aliphatic hydroxyl groups is 2. The molecule has 0 saturated heterocycles. The van der Waals surface area contributed by atoms with Crippen LogP contribution in [0.4, 0.5) is 0 Å². The molecule has 0 amide bonds. The summed E-state index contributed by atoms with van der Waals surface area (Å²) in [5.41, 5.74) is 0.156. The summed E-state index contributed by atoms with van der Waals surface area (Å²) in [7, 11) is 0. The number of thioether (sulfide) groups is 1. The molecule has 0 heterocycles. The van der Waals surface area contributed by atoms with Crippen molar-refractivity contribution in [3.8, 4) is 0 Å². The van der Waals surface area contributed by atoms with E-state index in [1.165, 1.54) is 24.3 Å². The van der Waals surface area contributed by atoms with E-state index in [0.717, 1.165) is 11.8 Å². The molecular formula is C13H12O4S. The molecule has 0 aliphatic heterocycles. The van der Waals surface area contributed by atoms with Gasteiger partial charge in [-0.1, -0.05) is 23.9 Å². The highest BCUT2D eigenvalue weighted by molar-refractivity contribution is 8.00. The molecule has 1 aliphatic carbocycles. The van der Waals surface area contributed by atoms with Gasteiger partial charge in [0.05, 0.1) is 5.56 Å². The smallest absolute Gasteiger partial charge is 0.336 e. The van der Waals surface area contributed by atoms with Gasteiger partial charge in [0, 0.05) is 11.3 Å². The molecule has 1 aromatic carbocycles. The van der Waals surface area contributed by atoms with Crippen LogP contribution in [0.15, 0.2) is 53.1 Å². The van der Waals surface area contributed by atoms with Gasteiger partial charge in [-0.05, 0) is 30.4 Å². The van der Waals surface area contributed by atoms with Crippen molar-refractivity contribution in [3.05, 3.63) is 53.8 Å². The molecular weight excluding hydrogens is 252 g/mol. The molecule has 18 heavy (non-hydrogen) atoms. The van der Waals surface area contributed by atoms with Crippen LogP contribution in [0, 0.1) is 0 Å². The summed E-state index contributed by atoms with van der Waals surface area (Å²) in [6.45, 7) is 0. The maximum Gasteiger partial charge on any atom is 0.336 e. The van der Waals surface area contributed by atoms with Crippen molar-refractivity contribution in [1.29, 1.82) is 0 Å². The van der Waals surface area contributed by atoms with Crippen molar-refractivity contribution < 1.29 is 20.1 Å². The van der Waals surface area contributed by atoms with Gasteiger partial charge < -0.3 is 15.3 Å². The van der Waals surface area contributed by atoms with Gasteiger partial charge in [-0.15, -0.1) is 0 Å². The minimum absolute atomic E-state index is 0.104. The van der Waals surface area contributed by atoms with Gasteiger partial charge >= 0.3 is 5.97 Å². The number of benzene rings is 1. The first kappa shape index (κ1) is 12.7. The van der Waals surface area contributed by atoms with E-state index in [1.807, 2.05) is 0 Å². The van der Waals surface area contributed by atoms with Crippen LogP contribution in [-0.2, 0) is 0 Å². The fourth-order valence-electron chi connectivity index (χ4n) is 1.60. The summed E-state index contributed by atoms with van der Waals surface area (Å²) in [5, 5.41) is 28.5. The summed E-state index contributed by atoms with van der Waals surface area (Å²) < 4.78 is 0. The minimum Gasteiger partial charge on any atom is -0.508 e. The highest BCUT2D eigenvalue weighted by Crippen LogP contribution is 2.38. The van der Waals surface area contributed by atoms with E-state index in [4.69, 9.17) is 5.11 Å². The van der Waals surface area contributed by atoms with Gasteiger partial charge in [-0.2, -0.15) is 0 Å². The standard InChI is InChI=1S/C13H12O4S/c14-9-5-7-13(17,8-6-9)18-11-4-2-1-3-10(11)12(15)16/h1-7,14,17H,8H2,(H,15,16). The van der Waals surface area contributed by atoms with Crippen LogP contribution in [0.25, 0.3) is 0 Å². The third-order valence-corrected chi connectivity index (χ3v) is 3.75. The van der Waals surface area contributed by atoms with Crippen LogP contribution in [0.5, 0.6) is 0 Å². The number of carboxylic acid groups (broad SMARTS) is 1. The van der Waals surface area contributed by atoms with E-state index < -0.39 is 10.9 Å². The van der Waals surface area contributed by atoms with Crippen LogP contribution >= 0.6 is 11.8 Å². The van der Waals surface area contributed by atoms with Crippen molar-refractivity contribution in [1.82, 2.24) is 0 Å². The molecule has 1 aromatic rings. The van der Waals surface area contributed by atoms with Crippen molar-refractivity contribution in [2.75, 3.05) is 0 Å². The van der Waals surface area contributed by atoms with Crippen LogP contribution < -0.4 is 0 Å². The number of aliphatic hydroxyl groups excluding tert-OH is 1. The lowest BCUT2D eigenvalue weighted by molar-refractivity contribution is 0.0693. The highest BCUT2D eigenvalue weighted by Gasteiger charge is 2.28. The Hall–Kier alpha value is -1.72. The Morgan fingerprint density at radius 2 is 2.06 bits per heavy atom. The molecule has 94 valence electrons. The number of rotatable bonds is 3. The second-order valence-corrected chi connectivity index (χ2v) is 5.27. The third kappa shape index (κ3) is 2.75. The molecule has 1 unspecified atom stereocenters. The predicted molar refractivity (Wildman–Crippen MR) is 68.7 cm³/mol. The van der Waals surface area contributed by atoms with Gasteiger partial charge in [0.15, 0.2) is 0 Å². The van der Waals surface area contributed by atoms with Crippen molar-refractivity contribution >= 4 is 17.7 Å². The monoisotopic (exact) mass is 264 g/mol. The van der Waals surface area contributed by atoms with Gasteiger partial charge in [0.2, 0.25) is 0 Å². The summed E-state index contributed by atoms with van der Waals surface area (Å²) >= 11 is 1.06. The van der Waals surface area contributed by atoms with Crippen LogP contribution in [0.3, 0.4) is 0 Å². The molecule has 1 atom stereocenters. The Morgan fingerprint density at radius 3 is 2.67 bits per heavy atom. The molecule has 0 bridgehead atoms. The normalized spacial score (nSPS) is 22.6. The topological polar surface area (TPSA) is 77.8 Å². The zero-order chi connectivity index (χ0) is 13.2. The summed E-state index contributed by atoms with van der Waals surface area (Å²) in [4.78, 5) is 10.3. The molecule has 0 saturated carbocycles. The Bertz CT molecular complexity index is 536. The third-order valence-electron chi connectivity index (χ3n) is 2.52. The van der Waals surface area contributed by atoms with E-state index in [0.29, 0.717) is 4.90 Å². The van der Waals surface area contributed by atoms with Crippen LogP contribution in [0.1, 0.15) is 16.8 Å². The van der Waals surface area contributed by atoms with Gasteiger partial charge in [0.25, 0.3) is 0 Å². The van der Waals surface area contributed by atoms with E-state index >= 15 is 0 Å². The highest BCUT2D eigenvalue weighted by atomic mass is 32.2. The van der Waals surface area contributed by atoms with E-state index in [9.17, 15) is 15.0 Å². The van der Waals surface area contributed by atoms with E-state index in [-0.39, 0.29) is 17.7 Å². The quantitative estimate of drug-likeness (QED) is 0.731. The minimum atomic E-state index is -1.22. The average Bonchev–Trinajstić information content (AvgIpc) is 2.34. The Morgan fingerprint density at radius 1 is 1.33 bits per heavy atom. The van der Waals surface area contributed by atoms with Crippen LogP contribution in [-0.4, -0.2) is 26.2 Å². The molecule has 4 nitrogen and oxygen atoms in total. The predicted octanol–water partition coefficient (Wildman–Crippen LogP) is 2.57. The number of aromatic carboxylic acids is 1.